The van der Waals surface area contributed by atoms with E-state index >= 15 is 0 Å². The van der Waals surface area contributed by atoms with Crippen molar-refractivity contribution >= 4 is 10.8 Å². The van der Waals surface area contributed by atoms with E-state index in [1.54, 1.807) is 7.11 Å². The number of unbranched alkanes of at least 4 members (excludes halogenated alkanes) is 10. The molecule has 2 rings (SSSR count). The van der Waals surface area contributed by atoms with E-state index in [-0.39, 0.29) is 0 Å². The zero-order valence-corrected chi connectivity index (χ0v) is 19.5. The van der Waals surface area contributed by atoms with E-state index in [0.29, 0.717) is 0 Å². The summed E-state index contributed by atoms with van der Waals surface area (Å²) in [5.74, 6) is 2.56. The Bertz CT molecular complexity index is 711. The highest BCUT2D eigenvalue weighted by Crippen LogP contribution is 2.34. The molecule has 3 heteroatoms. The topological polar surface area (TPSA) is 27.7 Å². The van der Waals surface area contributed by atoms with Crippen molar-refractivity contribution in [2.24, 2.45) is 0 Å². The van der Waals surface area contributed by atoms with Gasteiger partial charge in [0.15, 0.2) is 11.5 Å². The van der Waals surface area contributed by atoms with E-state index in [9.17, 15) is 0 Å². The van der Waals surface area contributed by atoms with Crippen molar-refractivity contribution in [1.82, 2.24) is 0 Å². The Hall–Kier alpha value is -1.90. The molecule has 0 atom stereocenters. The fourth-order valence-corrected chi connectivity index (χ4v) is 3.73. The standard InChI is InChI=1S/C27H42O3/c1-4-6-8-10-12-14-18-29-25-17-16-23-21-26(28-3)27(22-24(23)20-25)30-19-15-13-11-9-7-5-2/h16-17,20-22H,4-15,18-19H2,1-3H3. The lowest BCUT2D eigenvalue weighted by molar-refractivity contribution is 0.285. The molecule has 0 amide bonds. The molecule has 168 valence electrons. The van der Waals surface area contributed by atoms with Crippen LogP contribution < -0.4 is 14.2 Å². The van der Waals surface area contributed by atoms with E-state index in [0.717, 1.165) is 54.1 Å². The van der Waals surface area contributed by atoms with Crippen molar-refractivity contribution in [3.05, 3.63) is 30.3 Å². The van der Waals surface area contributed by atoms with Gasteiger partial charge in [-0.15, -0.1) is 0 Å². The number of methoxy groups -OCH3 is 1. The maximum absolute atomic E-state index is 6.06. The number of benzene rings is 2. The first-order chi connectivity index (χ1) is 14.8. The smallest absolute Gasteiger partial charge is 0.161 e. The Balaban J connectivity index is 1.85. The molecule has 0 heterocycles. The molecule has 30 heavy (non-hydrogen) atoms. The average Bonchev–Trinajstić information content (AvgIpc) is 2.77. The van der Waals surface area contributed by atoms with Gasteiger partial charge in [0, 0.05) is 0 Å². The van der Waals surface area contributed by atoms with Crippen LogP contribution in [0.4, 0.5) is 0 Å². The first kappa shape index (κ1) is 24.4. The van der Waals surface area contributed by atoms with Gasteiger partial charge in [-0.2, -0.15) is 0 Å². The summed E-state index contributed by atoms with van der Waals surface area (Å²) >= 11 is 0. The second-order valence-electron chi connectivity index (χ2n) is 8.24. The van der Waals surface area contributed by atoms with Crippen molar-refractivity contribution in [2.45, 2.75) is 90.9 Å². The number of ether oxygens (including phenoxy) is 3. The quantitative estimate of drug-likeness (QED) is 0.243. The lowest BCUT2D eigenvalue weighted by Crippen LogP contribution is -2.00. The van der Waals surface area contributed by atoms with Gasteiger partial charge in [-0.3, -0.25) is 0 Å². The van der Waals surface area contributed by atoms with E-state index < -0.39 is 0 Å². The van der Waals surface area contributed by atoms with Crippen LogP contribution in [0.5, 0.6) is 17.2 Å². The summed E-state index contributed by atoms with van der Waals surface area (Å²) in [5, 5.41) is 2.28. The Kier molecular flexibility index (Phi) is 12.2. The molecule has 0 saturated carbocycles. The van der Waals surface area contributed by atoms with E-state index in [2.05, 4.69) is 44.2 Å². The monoisotopic (exact) mass is 414 g/mol. The number of rotatable bonds is 17. The van der Waals surface area contributed by atoms with Gasteiger partial charge in [0.2, 0.25) is 0 Å². The zero-order chi connectivity index (χ0) is 21.4. The highest BCUT2D eigenvalue weighted by Gasteiger charge is 2.08. The van der Waals surface area contributed by atoms with Crippen LogP contribution in [-0.4, -0.2) is 20.3 Å². The number of hydrogen-bond acceptors (Lipinski definition) is 3. The molecule has 0 unspecified atom stereocenters. The molecule has 2 aromatic carbocycles. The van der Waals surface area contributed by atoms with Crippen molar-refractivity contribution in [3.8, 4) is 17.2 Å². The minimum absolute atomic E-state index is 0.738. The van der Waals surface area contributed by atoms with Crippen molar-refractivity contribution in [3.63, 3.8) is 0 Å². The first-order valence-electron chi connectivity index (χ1n) is 12.2. The van der Waals surface area contributed by atoms with Gasteiger partial charge in [-0.1, -0.05) is 84.1 Å². The van der Waals surface area contributed by atoms with Crippen molar-refractivity contribution < 1.29 is 14.2 Å². The highest BCUT2D eigenvalue weighted by atomic mass is 16.5. The van der Waals surface area contributed by atoms with E-state index in [1.807, 2.05) is 0 Å². The molecule has 0 bridgehead atoms. The molecule has 0 fully saturated rings. The van der Waals surface area contributed by atoms with Gasteiger partial charge in [0.05, 0.1) is 20.3 Å². The lowest BCUT2D eigenvalue weighted by atomic mass is 10.1. The second-order valence-corrected chi connectivity index (χ2v) is 8.24. The zero-order valence-electron chi connectivity index (χ0n) is 19.5. The Morgan fingerprint density at radius 1 is 0.567 bits per heavy atom. The van der Waals surface area contributed by atoms with E-state index in [4.69, 9.17) is 14.2 Å². The molecule has 0 radical (unpaired) electrons. The predicted octanol–water partition coefficient (Wildman–Crippen LogP) is 8.33. The van der Waals surface area contributed by atoms with Gasteiger partial charge in [-0.25, -0.2) is 0 Å². The van der Waals surface area contributed by atoms with Crippen LogP contribution in [0.15, 0.2) is 30.3 Å². The third-order valence-corrected chi connectivity index (χ3v) is 5.62. The van der Waals surface area contributed by atoms with Gasteiger partial charge >= 0.3 is 0 Å². The molecule has 0 saturated heterocycles. The summed E-state index contributed by atoms with van der Waals surface area (Å²) in [4.78, 5) is 0. The molecular formula is C27H42O3. The van der Waals surface area contributed by atoms with Crippen LogP contribution >= 0.6 is 0 Å². The molecule has 2 aromatic rings. The molecule has 0 aliphatic carbocycles. The summed E-state index contributed by atoms with van der Waals surface area (Å²) in [5.41, 5.74) is 0. The largest absolute Gasteiger partial charge is 0.494 e. The van der Waals surface area contributed by atoms with E-state index in [1.165, 1.54) is 64.2 Å². The molecule has 0 N–H and O–H groups in total. The molecule has 0 aliphatic rings. The fourth-order valence-electron chi connectivity index (χ4n) is 3.73. The summed E-state index contributed by atoms with van der Waals surface area (Å²) in [6.07, 6.45) is 15.2. The third-order valence-electron chi connectivity index (χ3n) is 5.62. The molecular weight excluding hydrogens is 372 g/mol. The summed E-state index contributed by atoms with van der Waals surface area (Å²) in [6.45, 7) is 6.03. The summed E-state index contributed by atoms with van der Waals surface area (Å²) < 4.78 is 17.6. The van der Waals surface area contributed by atoms with Crippen LogP contribution in [0.1, 0.15) is 90.9 Å². The first-order valence-corrected chi connectivity index (χ1v) is 12.2. The van der Waals surface area contributed by atoms with Crippen LogP contribution in [0.3, 0.4) is 0 Å². The average molecular weight is 415 g/mol. The minimum atomic E-state index is 0.738. The van der Waals surface area contributed by atoms with Gasteiger partial charge < -0.3 is 14.2 Å². The van der Waals surface area contributed by atoms with Crippen LogP contribution in [0.2, 0.25) is 0 Å². The van der Waals surface area contributed by atoms with Crippen LogP contribution in [0, 0.1) is 0 Å². The third kappa shape index (κ3) is 8.85. The van der Waals surface area contributed by atoms with Crippen molar-refractivity contribution in [1.29, 1.82) is 0 Å². The van der Waals surface area contributed by atoms with Crippen LogP contribution in [-0.2, 0) is 0 Å². The summed E-state index contributed by atoms with van der Waals surface area (Å²) in [6, 6.07) is 10.4. The van der Waals surface area contributed by atoms with Gasteiger partial charge in [0.1, 0.15) is 5.75 Å². The van der Waals surface area contributed by atoms with Crippen molar-refractivity contribution in [2.75, 3.05) is 20.3 Å². The summed E-state index contributed by atoms with van der Waals surface area (Å²) in [7, 11) is 1.71. The van der Waals surface area contributed by atoms with Gasteiger partial charge in [-0.05, 0) is 47.9 Å². The normalized spacial score (nSPS) is 11.0. The molecule has 0 aliphatic heterocycles. The molecule has 0 aromatic heterocycles. The van der Waals surface area contributed by atoms with Gasteiger partial charge in [0.25, 0.3) is 0 Å². The van der Waals surface area contributed by atoms with Crippen LogP contribution in [0.25, 0.3) is 10.8 Å². The maximum atomic E-state index is 6.06. The minimum Gasteiger partial charge on any atom is -0.494 e. The fraction of sp³-hybridized carbons (Fsp3) is 0.630. The Labute approximate surface area is 184 Å². The molecule has 3 nitrogen and oxygen atoms in total. The second kappa shape index (κ2) is 15.0. The number of hydrogen-bond donors (Lipinski definition) is 0. The Morgan fingerprint density at radius 3 is 1.77 bits per heavy atom. The lowest BCUT2D eigenvalue weighted by Gasteiger charge is -2.13. The number of fused-ring (bicyclic) bond motifs is 1. The Morgan fingerprint density at radius 2 is 1.13 bits per heavy atom. The SMILES string of the molecule is CCCCCCCCOc1ccc2cc(OC)c(OCCCCCCCC)cc2c1. The highest BCUT2D eigenvalue weighted by molar-refractivity contribution is 5.87. The maximum Gasteiger partial charge on any atom is 0.161 e. The predicted molar refractivity (Wildman–Crippen MR) is 128 cm³/mol. The molecule has 0 spiro atoms.